The molecule has 4 heteroatoms. The van der Waals surface area contributed by atoms with Gasteiger partial charge in [0.05, 0.1) is 0 Å². The predicted molar refractivity (Wildman–Crippen MR) is 52.5 cm³/mol. The molecule has 1 aliphatic heterocycles. The number of carbonyl (C=O) groups is 1. The van der Waals surface area contributed by atoms with E-state index in [-0.39, 0.29) is 5.91 Å². The maximum Gasteiger partial charge on any atom is 0.221 e. The van der Waals surface area contributed by atoms with Gasteiger partial charge in [0.25, 0.3) is 0 Å². The quantitative estimate of drug-likeness (QED) is 0.604. The summed E-state index contributed by atoms with van der Waals surface area (Å²) in [6.45, 7) is 0.991. The van der Waals surface area contributed by atoms with Gasteiger partial charge in [0.2, 0.25) is 5.91 Å². The van der Waals surface area contributed by atoms with Gasteiger partial charge in [0.1, 0.15) is 0 Å². The Hall–Kier alpha value is -0.220. The first-order chi connectivity index (χ1) is 5.63. The number of rotatable bonds is 2. The van der Waals surface area contributed by atoms with E-state index in [1.807, 2.05) is 7.05 Å². The molecular formula is C8H16N2OS. The fraction of sp³-hybridized carbons (Fsp3) is 0.875. The van der Waals surface area contributed by atoms with Gasteiger partial charge >= 0.3 is 0 Å². The Kier molecular flexibility index (Phi) is 3.40. The number of nitrogens with zero attached hydrogens (tertiary/aromatic N) is 1. The number of carbonyl (C=O) groups excluding carboxylic acids is 1. The van der Waals surface area contributed by atoms with Gasteiger partial charge in [-0.3, -0.25) is 4.79 Å². The van der Waals surface area contributed by atoms with Crippen molar-refractivity contribution >= 4 is 18.5 Å². The minimum absolute atomic E-state index is 0.120. The van der Waals surface area contributed by atoms with E-state index >= 15 is 0 Å². The monoisotopic (exact) mass is 188 g/mol. The van der Waals surface area contributed by atoms with Gasteiger partial charge in [-0.1, -0.05) is 0 Å². The minimum Gasteiger partial charge on any atom is -0.359 e. The van der Waals surface area contributed by atoms with Crippen LogP contribution in [0.3, 0.4) is 0 Å². The molecule has 1 amide bonds. The zero-order chi connectivity index (χ0) is 9.14. The van der Waals surface area contributed by atoms with Crippen molar-refractivity contribution in [2.24, 2.45) is 0 Å². The van der Waals surface area contributed by atoms with Crippen LogP contribution in [0.5, 0.6) is 0 Å². The molecule has 0 saturated carbocycles. The molecule has 2 atom stereocenters. The van der Waals surface area contributed by atoms with Crippen LogP contribution >= 0.6 is 12.6 Å². The maximum absolute atomic E-state index is 11.1. The smallest absolute Gasteiger partial charge is 0.221 e. The lowest BCUT2D eigenvalue weighted by Crippen LogP contribution is -2.31. The number of hydrogen-bond acceptors (Lipinski definition) is 3. The molecule has 1 N–H and O–H groups in total. The van der Waals surface area contributed by atoms with Gasteiger partial charge in [0.15, 0.2) is 0 Å². The highest BCUT2D eigenvalue weighted by Crippen LogP contribution is 2.21. The molecule has 0 aliphatic carbocycles. The molecule has 70 valence electrons. The Bertz CT molecular complexity index is 174. The van der Waals surface area contributed by atoms with Crippen molar-refractivity contribution < 1.29 is 4.79 Å². The van der Waals surface area contributed by atoms with Crippen LogP contribution in [0.4, 0.5) is 0 Å². The molecule has 12 heavy (non-hydrogen) atoms. The predicted octanol–water partition coefficient (Wildman–Crippen LogP) is 0.125. The summed E-state index contributed by atoms with van der Waals surface area (Å²) < 4.78 is 0. The highest BCUT2D eigenvalue weighted by Gasteiger charge is 2.28. The molecule has 0 unspecified atom stereocenters. The molecular weight excluding hydrogens is 172 g/mol. The minimum atomic E-state index is 0.120. The summed E-state index contributed by atoms with van der Waals surface area (Å²) in [7, 11) is 3.72. The first kappa shape index (κ1) is 9.86. The van der Waals surface area contributed by atoms with E-state index in [0.29, 0.717) is 17.7 Å². The molecule has 0 bridgehead atoms. The number of likely N-dealkylation sites (tertiary alicyclic amines) is 1. The molecule has 0 aromatic rings. The first-order valence-corrected chi connectivity index (χ1v) is 4.74. The van der Waals surface area contributed by atoms with E-state index in [1.54, 1.807) is 7.05 Å². The van der Waals surface area contributed by atoms with Crippen molar-refractivity contribution in [2.45, 2.75) is 24.1 Å². The summed E-state index contributed by atoms with van der Waals surface area (Å²) in [5.74, 6) is 0.120. The number of amides is 1. The Morgan fingerprint density at radius 3 is 2.83 bits per heavy atom. The first-order valence-electron chi connectivity index (χ1n) is 4.22. The van der Waals surface area contributed by atoms with Crippen molar-refractivity contribution in [2.75, 3.05) is 20.6 Å². The normalized spacial score (nSPS) is 30.6. The van der Waals surface area contributed by atoms with Gasteiger partial charge in [0, 0.05) is 31.3 Å². The third-order valence-electron chi connectivity index (χ3n) is 2.37. The molecule has 1 heterocycles. The molecule has 0 spiro atoms. The molecule has 1 fully saturated rings. The summed E-state index contributed by atoms with van der Waals surface area (Å²) in [4.78, 5) is 13.3. The highest BCUT2D eigenvalue weighted by atomic mass is 32.1. The van der Waals surface area contributed by atoms with Crippen LogP contribution in [0.2, 0.25) is 0 Å². The molecule has 1 saturated heterocycles. The average Bonchev–Trinajstić information content (AvgIpc) is 2.30. The van der Waals surface area contributed by atoms with Crippen LogP contribution in [-0.2, 0) is 4.79 Å². The fourth-order valence-electron chi connectivity index (χ4n) is 1.61. The summed E-state index contributed by atoms with van der Waals surface area (Å²) in [5, 5.41) is 3.07. The van der Waals surface area contributed by atoms with Crippen LogP contribution in [0.25, 0.3) is 0 Å². The molecule has 1 aliphatic rings. The van der Waals surface area contributed by atoms with Gasteiger partial charge in [-0.15, -0.1) is 0 Å². The number of nitrogens with one attached hydrogen (secondary N) is 1. The van der Waals surface area contributed by atoms with E-state index < -0.39 is 0 Å². The average molecular weight is 188 g/mol. The van der Waals surface area contributed by atoms with Crippen LogP contribution < -0.4 is 5.32 Å². The molecule has 0 aromatic carbocycles. The highest BCUT2D eigenvalue weighted by molar-refractivity contribution is 7.81. The zero-order valence-electron chi connectivity index (χ0n) is 7.58. The Labute approximate surface area is 78.9 Å². The summed E-state index contributed by atoms with van der Waals surface area (Å²) in [5.41, 5.74) is 0. The van der Waals surface area contributed by atoms with Gasteiger partial charge in [-0.2, -0.15) is 12.6 Å². The van der Waals surface area contributed by atoms with Crippen LogP contribution in [0.15, 0.2) is 0 Å². The van der Waals surface area contributed by atoms with Gasteiger partial charge in [-0.05, 0) is 13.5 Å². The second-order valence-corrected chi connectivity index (χ2v) is 4.09. The third-order valence-corrected chi connectivity index (χ3v) is 2.74. The van der Waals surface area contributed by atoms with Crippen molar-refractivity contribution in [3.8, 4) is 0 Å². The lowest BCUT2D eigenvalue weighted by atomic mass is 10.1. The van der Waals surface area contributed by atoms with Crippen LogP contribution in [-0.4, -0.2) is 42.7 Å². The Morgan fingerprint density at radius 2 is 2.42 bits per heavy atom. The van der Waals surface area contributed by atoms with Gasteiger partial charge < -0.3 is 10.2 Å². The Morgan fingerprint density at radius 1 is 1.75 bits per heavy atom. The largest absolute Gasteiger partial charge is 0.359 e. The molecule has 3 nitrogen and oxygen atoms in total. The second kappa shape index (κ2) is 4.14. The summed E-state index contributed by atoms with van der Waals surface area (Å²) in [6, 6.07) is 0.382. The van der Waals surface area contributed by atoms with E-state index in [9.17, 15) is 4.79 Å². The third kappa shape index (κ3) is 2.38. The summed E-state index contributed by atoms with van der Waals surface area (Å²) >= 11 is 4.39. The van der Waals surface area contributed by atoms with Gasteiger partial charge in [-0.25, -0.2) is 0 Å². The SMILES string of the molecule is CNC(=O)C[C@@H]1C[C@@H](S)CN1C. The lowest BCUT2D eigenvalue weighted by Gasteiger charge is -2.17. The number of hydrogen-bond donors (Lipinski definition) is 2. The summed E-state index contributed by atoms with van der Waals surface area (Å²) in [6.07, 6.45) is 1.62. The standard InChI is InChI=1S/C8H16N2OS/c1-9-8(11)4-6-3-7(12)5-10(6)2/h6-7,12H,3-5H2,1-2H3,(H,9,11)/t6-,7+/m0/s1. The maximum atomic E-state index is 11.1. The van der Waals surface area contributed by atoms with E-state index in [0.717, 1.165) is 13.0 Å². The molecule has 0 aromatic heterocycles. The zero-order valence-corrected chi connectivity index (χ0v) is 8.47. The fourth-order valence-corrected chi connectivity index (χ4v) is 2.11. The number of thiol groups is 1. The van der Waals surface area contributed by atoms with E-state index in [1.165, 1.54) is 0 Å². The second-order valence-electron chi connectivity index (χ2n) is 3.36. The topological polar surface area (TPSA) is 32.3 Å². The van der Waals surface area contributed by atoms with E-state index in [4.69, 9.17) is 0 Å². The Balaban J connectivity index is 2.37. The van der Waals surface area contributed by atoms with Crippen molar-refractivity contribution in [3.63, 3.8) is 0 Å². The van der Waals surface area contributed by atoms with Crippen molar-refractivity contribution in [1.82, 2.24) is 10.2 Å². The van der Waals surface area contributed by atoms with Crippen LogP contribution in [0, 0.1) is 0 Å². The molecule has 0 radical (unpaired) electrons. The van der Waals surface area contributed by atoms with Crippen LogP contribution in [0.1, 0.15) is 12.8 Å². The van der Waals surface area contributed by atoms with Crippen molar-refractivity contribution in [3.05, 3.63) is 0 Å². The van der Waals surface area contributed by atoms with Crippen molar-refractivity contribution in [1.29, 1.82) is 0 Å². The molecule has 1 rings (SSSR count). The van der Waals surface area contributed by atoms with E-state index in [2.05, 4.69) is 22.8 Å². The lowest BCUT2D eigenvalue weighted by molar-refractivity contribution is -0.121.